The summed E-state index contributed by atoms with van der Waals surface area (Å²) in [5.41, 5.74) is 3.49. The second-order valence-corrected chi connectivity index (χ2v) is 8.24. The topological polar surface area (TPSA) is 75.7 Å². The molecule has 3 aromatic rings. The molecule has 0 heterocycles. The Morgan fingerprint density at radius 1 is 0.733 bits per heavy atom. The van der Waals surface area contributed by atoms with Gasteiger partial charge in [0.1, 0.15) is 11.5 Å². The molecule has 0 amide bonds. The van der Waals surface area contributed by atoms with E-state index >= 15 is 0 Å². The van der Waals surface area contributed by atoms with Crippen molar-refractivity contribution in [2.75, 3.05) is 0 Å². The number of phosphoric acid groups is 1. The Hall–Kier alpha value is -1.88. The molecular formula is C23H22NaO5P. The largest absolute Gasteiger partial charge is 1.00 e. The van der Waals surface area contributed by atoms with Crippen LogP contribution in [0.15, 0.2) is 60.7 Å². The summed E-state index contributed by atoms with van der Waals surface area (Å²) in [7, 11) is -4.68. The van der Waals surface area contributed by atoms with E-state index in [9.17, 15) is 14.3 Å². The first-order valence-corrected chi connectivity index (χ1v) is 10.6. The molecule has 1 atom stereocenters. The first-order chi connectivity index (χ1) is 13.7. The third-order valence-electron chi connectivity index (χ3n) is 4.57. The van der Waals surface area contributed by atoms with Gasteiger partial charge in [0.2, 0.25) is 0 Å². The molecule has 0 radical (unpaired) electrons. The van der Waals surface area contributed by atoms with Gasteiger partial charge in [-0.05, 0) is 62.1 Å². The van der Waals surface area contributed by atoms with E-state index in [0.29, 0.717) is 33.4 Å². The van der Waals surface area contributed by atoms with Crippen LogP contribution in [0.5, 0.6) is 11.5 Å². The third kappa shape index (κ3) is 5.63. The molecule has 0 aromatic heterocycles. The normalized spacial score (nSPS) is 12.4. The summed E-state index contributed by atoms with van der Waals surface area (Å²) in [6.07, 6.45) is 0. The molecule has 0 saturated heterocycles. The van der Waals surface area contributed by atoms with E-state index in [2.05, 4.69) is 0 Å². The van der Waals surface area contributed by atoms with Gasteiger partial charge in [-0.25, -0.2) is 4.57 Å². The number of ketones is 1. The maximum absolute atomic E-state index is 12.7. The first kappa shape index (κ1) is 24.4. The van der Waals surface area contributed by atoms with Crippen LogP contribution in [-0.4, -0.2) is 5.78 Å². The molecule has 7 heteroatoms. The van der Waals surface area contributed by atoms with Crippen LogP contribution < -0.4 is 43.5 Å². The summed E-state index contributed by atoms with van der Waals surface area (Å²) >= 11 is 0. The van der Waals surface area contributed by atoms with Gasteiger partial charge in [-0.2, -0.15) is 0 Å². The zero-order valence-electron chi connectivity index (χ0n) is 17.8. The van der Waals surface area contributed by atoms with Gasteiger partial charge in [0.25, 0.3) is 0 Å². The second-order valence-electron chi connectivity index (χ2n) is 6.99. The summed E-state index contributed by atoms with van der Waals surface area (Å²) in [4.78, 5) is 25.2. The Labute approximate surface area is 199 Å². The van der Waals surface area contributed by atoms with Crippen molar-refractivity contribution in [2.24, 2.45) is 0 Å². The number of carbonyl (C=O) groups excluding carboxylic acids is 1. The van der Waals surface area contributed by atoms with Gasteiger partial charge < -0.3 is 13.9 Å². The fourth-order valence-electron chi connectivity index (χ4n) is 3.17. The number of benzene rings is 3. The summed E-state index contributed by atoms with van der Waals surface area (Å²) in [5, 5.41) is 0. The van der Waals surface area contributed by atoms with Crippen LogP contribution in [0.1, 0.15) is 38.2 Å². The van der Waals surface area contributed by atoms with Crippen LogP contribution in [-0.2, 0) is 4.57 Å². The van der Waals surface area contributed by atoms with Crippen LogP contribution in [0.3, 0.4) is 0 Å². The number of hydrogen-bond donors (Lipinski definition) is 0. The van der Waals surface area contributed by atoms with E-state index in [1.807, 2.05) is 12.1 Å². The average molecular weight is 432 g/mol. The standard InChI is InChI=1S/C23H23O5P.Na/c1-15-9-8-10-16(2)22(15)27-29(25,26)28-23-17(3)13-20(14-18(23)4)21(24)19-11-6-5-7-12-19;/h5-14H,1-4H3,(H,25,26);/q;+1/p-1. The summed E-state index contributed by atoms with van der Waals surface area (Å²) in [5.74, 6) is 0.289. The monoisotopic (exact) mass is 432 g/mol. The molecule has 0 bridgehead atoms. The molecule has 0 spiro atoms. The molecule has 0 aliphatic heterocycles. The fraction of sp³-hybridized carbons (Fsp3) is 0.174. The number of para-hydroxylation sites is 1. The van der Waals surface area contributed by atoms with Crippen LogP contribution in [0, 0.1) is 27.7 Å². The van der Waals surface area contributed by atoms with E-state index in [4.69, 9.17) is 9.05 Å². The van der Waals surface area contributed by atoms with Crippen LogP contribution in [0.25, 0.3) is 0 Å². The van der Waals surface area contributed by atoms with Crippen LogP contribution in [0.4, 0.5) is 0 Å². The van der Waals surface area contributed by atoms with Crippen LogP contribution >= 0.6 is 7.82 Å². The Bertz CT molecular complexity index is 1070. The molecule has 0 N–H and O–H groups in total. The van der Waals surface area contributed by atoms with Gasteiger partial charge in [0.05, 0.1) is 0 Å². The fourth-order valence-corrected chi connectivity index (χ4v) is 4.23. The summed E-state index contributed by atoms with van der Waals surface area (Å²) < 4.78 is 23.1. The van der Waals surface area contributed by atoms with E-state index in [-0.39, 0.29) is 46.8 Å². The van der Waals surface area contributed by atoms with E-state index in [1.54, 1.807) is 76.2 Å². The molecule has 0 saturated carbocycles. The van der Waals surface area contributed by atoms with Gasteiger partial charge in [-0.3, -0.25) is 4.79 Å². The van der Waals surface area contributed by atoms with Crippen molar-refractivity contribution >= 4 is 13.6 Å². The molecule has 0 aliphatic rings. The Kier molecular flexibility index (Phi) is 8.09. The molecule has 30 heavy (non-hydrogen) atoms. The van der Waals surface area contributed by atoms with Gasteiger partial charge in [0, 0.05) is 11.1 Å². The van der Waals surface area contributed by atoms with Gasteiger partial charge in [-0.1, -0.05) is 48.5 Å². The van der Waals surface area contributed by atoms with Crippen molar-refractivity contribution < 1.29 is 52.9 Å². The number of phosphoric ester groups is 1. The minimum atomic E-state index is -4.68. The smallest absolute Gasteiger partial charge is 0.736 e. The van der Waals surface area contributed by atoms with Crippen molar-refractivity contribution in [2.45, 2.75) is 27.7 Å². The zero-order chi connectivity index (χ0) is 21.2. The van der Waals surface area contributed by atoms with E-state index in [0.717, 1.165) is 0 Å². The van der Waals surface area contributed by atoms with Crippen molar-refractivity contribution in [3.8, 4) is 11.5 Å². The van der Waals surface area contributed by atoms with Crippen molar-refractivity contribution in [3.63, 3.8) is 0 Å². The predicted molar refractivity (Wildman–Crippen MR) is 111 cm³/mol. The number of rotatable bonds is 6. The quantitative estimate of drug-likeness (QED) is 0.339. The average Bonchev–Trinajstić information content (AvgIpc) is 2.68. The Morgan fingerprint density at radius 2 is 1.20 bits per heavy atom. The van der Waals surface area contributed by atoms with Gasteiger partial charge in [-0.15, -0.1) is 0 Å². The van der Waals surface area contributed by atoms with Crippen LogP contribution in [0.2, 0.25) is 0 Å². The SMILES string of the molecule is Cc1cccc(C)c1OP(=O)([O-])Oc1c(C)cc(C(=O)c2ccccc2)cc1C.[Na+]. The molecule has 150 valence electrons. The minimum Gasteiger partial charge on any atom is -0.736 e. The molecule has 0 aliphatic carbocycles. The predicted octanol–water partition coefficient (Wildman–Crippen LogP) is 2.08. The maximum atomic E-state index is 12.7. The number of carbonyl (C=O) groups is 1. The number of aryl methyl sites for hydroxylation is 4. The van der Waals surface area contributed by atoms with Gasteiger partial charge in [0.15, 0.2) is 5.78 Å². The molecule has 1 unspecified atom stereocenters. The minimum absolute atomic E-state index is 0. The zero-order valence-corrected chi connectivity index (χ0v) is 20.7. The molecular weight excluding hydrogens is 410 g/mol. The van der Waals surface area contributed by atoms with Crippen molar-refractivity contribution in [1.29, 1.82) is 0 Å². The molecule has 0 fully saturated rings. The first-order valence-electron chi connectivity index (χ1n) is 9.15. The molecule has 3 rings (SSSR count). The molecule has 3 aromatic carbocycles. The maximum Gasteiger partial charge on any atom is 1.00 e. The van der Waals surface area contributed by atoms with E-state index in [1.165, 1.54) is 0 Å². The summed E-state index contributed by atoms with van der Waals surface area (Å²) in [6, 6.07) is 17.5. The molecule has 5 nitrogen and oxygen atoms in total. The Balaban J connectivity index is 0.00000320. The number of hydrogen-bond acceptors (Lipinski definition) is 5. The van der Waals surface area contributed by atoms with E-state index < -0.39 is 7.82 Å². The van der Waals surface area contributed by atoms with Crippen molar-refractivity contribution in [1.82, 2.24) is 0 Å². The van der Waals surface area contributed by atoms with Crippen molar-refractivity contribution in [3.05, 3.63) is 94.0 Å². The van der Waals surface area contributed by atoms with Gasteiger partial charge >= 0.3 is 37.4 Å². The summed E-state index contributed by atoms with van der Waals surface area (Å²) in [6.45, 7) is 6.93. The Morgan fingerprint density at radius 3 is 1.70 bits per heavy atom. The third-order valence-corrected chi connectivity index (χ3v) is 5.39. The second kappa shape index (κ2) is 9.95.